The number of anilines is 1. The maximum Gasteiger partial charge on any atom is 0.273 e. The lowest BCUT2D eigenvalue weighted by Crippen LogP contribution is -2.27. The standard InChI is InChI=1S/C18H19N3O6/c1-26-14-5-3-4-12(10-14)18(23)19-9-8-17(22)20-15-7-6-13(21(24)25)11-16(15)27-2/h3-7,10-11H,8-9H2,1-2H3,(H,19,23)(H,20,22). The first-order chi connectivity index (χ1) is 12.9. The molecule has 0 saturated heterocycles. The second-order valence-electron chi connectivity index (χ2n) is 5.43. The third kappa shape index (κ3) is 5.43. The van der Waals surface area contributed by atoms with Gasteiger partial charge >= 0.3 is 0 Å². The van der Waals surface area contributed by atoms with Crippen LogP contribution in [0.4, 0.5) is 11.4 Å². The van der Waals surface area contributed by atoms with Crippen LogP contribution in [0.15, 0.2) is 42.5 Å². The first-order valence-electron chi connectivity index (χ1n) is 7.99. The van der Waals surface area contributed by atoms with Gasteiger partial charge < -0.3 is 20.1 Å². The van der Waals surface area contributed by atoms with Crippen molar-refractivity contribution in [1.29, 1.82) is 0 Å². The van der Waals surface area contributed by atoms with Crippen LogP contribution in [0, 0.1) is 10.1 Å². The first-order valence-corrected chi connectivity index (χ1v) is 7.99. The van der Waals surface area contributed by atoms with Crippen LogP contribution < -0.4 is 20.1 Å². The number of hydrogen-bond donors (Lipinski definition) is 2. The molecule has 2 N–H and O–H groups in total. The second-order valence-corrected chi connectivity index (χ2v) is 5.43. The van der Waals surface area contributed by atoms with Gasteiger partial charge in [-0.15, -0.1) is 0 Å². The Labute approximate surface area is 155 Å². The normalized spacial score (nSPS) is 10.0. The van der Waals surface area contributed by atoms with Gasteiger partial charge in [0.05, 0.1) is 30.9 Å². The average molecular weight is 373 g/mol. The number of nitro groups is 1. The van der Waals surface area contributed by atoms with Crippen LogP contribution >= 0.6 is 0 Å². The Hall–Kier alpha value is -3.62. The minimum atomic E-state index is -0.553. The molecule has 0 spiro atoms. The molecule has 0 aliphatic heterocycles. The van der Waals surface area contributed by atoms with Crippen molar-refractivity contribution < 1.29 is 24.0 Å². The van der Waals surface area contributed by atoms with Crippen molar-refractivity contribution in [3.05, 3.63) is 58.1 Å². The SMILES string of the molecule is COc1cccc(C(=O)NCCC(=O)Nc2ccc([N+](=O)[O-])cc2OC)c1. The molecule has 0 bridgehead atoms. The summed E-state index contributed by atoms with van der Waals surface area (Å²) in [6, 6.07) is 10.5. The predicted molar refractivity (Wildman–Crippen MR) is 98.2 cm³/mol. The van der Waals surface area contributed by atoms with Gasteiger partial charge in [-0.2, -0.15) is 0 Å². The number of carbonyl (C=O) groups excluding carboxylic acids is 2. The highest BCUT2D eigenvalue weighted by molar-refractivity contribution is 5.96. The zero-order valence-electron chi connectivity index (χ0n) is 14.9. The second kappa shape index (κ2) is 9.18. The van der Waals surface area contributed by atoms with Gasteiger partial charge in [0.25, 0.3) is 11.6 Å². The highest BCUT2D eigenvalue weighted by Crippen LogP contribution is 2.29. The number of ether oxygens (including phenoxy) is 2. The quantitative estimate of drug-likeness (QED) is 0.541. The van der Waals surface area contributed by atoms with Crippen molar-refractivity contribution in [2.45, 2.75) is 6.42 Å². The molecule has 0 radical (unpaired) electrons. The van der Waals surface area contributed by atoms with Gasteiger partial charge in [0.2, 0.25) is 5.91 Å². The molecule has 9 nitrogen and oxygen atoms in total. The number of non-ortho nitro benzene ring substituents is 1. The Kier molecular flexibility index (Phi) is 6.70. The Bertz CT molecular complexity index is 853. The third-order valence-corrected chi connectivity index (χ3v) is 3.64. The van der Waals surface area contributed by atoms with Crippen molar-refractivity contribution >= 4 is 23.2 Å². The van der Waals surface area contributed by atoms with E-state index in [2.05, 4.69) is 10.6 Å². The number of amides is 2. The largest absolute Gasteiger partial charge is 0.497 e. The van der Waals surface area contributed by atoms with Gasteiger partial charge in [-0.3, -0.25) is 19.7 Å². The van der Waals surface area contributed by atoms with E-state index in [-0.39, 0.29) is 36.2 Å². The summed E-state index contributed by atoms with van der Waals surface area (Å²) < 4.78 is 10.1. The summed E-state index contributed by atoms with van der Waals surface area (Å²) in [7, 11) is 2.86. The van der Waals surface area contributed by atoms with Crippen LogP contribution in [0.2, 0.25) is 0 Å². The van der Waals surface area contributed by atoms with Crippen molar-refractivity contribution in [2.24, 2.45) is 0 Å². The molecule has 0 aliphatic carbocycles. The summed E-state index contributed by atoms with van der Waals surface area (Å²) in [5, 5.41) is 16.0. The molecule has 0 saturated carbocycles. The maximum atomic E-state index is 12.1. The maximum absolute atomic E-state index is 12.1. The molecule has 0 unspecified atom stereocenters. The van der Waals surface area contributed by atoms with E-state index in [1.54, 1.807) is 24.3 Å². The Morgan fingerprint density at radius 3 is 2.56 bits per heavy atom. The Balaban J connectivity index is 1.89. The minimum Gasteiger partial charge on any atom is -0.497 e. The monoisotopic (exact) mass is 373 g/mol. The van der Waals surface area contributed by atoms with Gasteiger partial charge in [-0.25, -0.2) is 0 Å². The summed E-state index contributed by atoms with van der Waals surface area (Å²) in [5.41, 5.74) is 0.592. The zero-order valence-corrected chi connectivity index (χ0v) is 14.9. The van der Waals surface area contributed by atoms with Crippen LogP contribution in [0.1, 0.15) is 16.8 Å². The van der Waals surface area contributed by atoms with E-state index in [1.165, 1.54) is 32.4 Å². The molecule has 2 amide bonds. The molecule has 27 heavy (non-hydrogen) atoms. The molecule has 9 heteroatoms. The average Bonchev–Trinajstić information content (AvgIpc) is 2.68. The van der Waals surface area contributed by atoms with Crippen LogP contribution in [0.3, 0.4) is 0 Å². The molecule has 0 fully saturated rings. The number of benzene rings is 2. The van der Waals surface area contributed by atoms with E-state index in [0.29, 0.717) is 17.0 Å². The lowest BCUT2D eigenvalue weighted by Gasteiger charge is -2.10. The summed E-state index contributed by atoms with van der Waals surface area (Å²) in [6.45, 7) is 0.122. The lowest BCUT2D eigenvalue weighted by atomic mass is 10.2. The number of nitro benzene ring substituents is 1. The van der Waals surface area contributed by atoms with Crippen molar-refractivity contribution in [3.8, 4) is 11.5 Å². The highest BCUT2D eigenvalue weighted by atomic mass is 16.6. The predicted octanol–water partition coefficient (Wildman–Crippen LogP) is 2.37. The molecule has 2 aromatic rings. The molecule has 2 rings (SSSR count). The number of methoxy groups -OCH3 is 2. The summed E-state index contributed by atoms with van der Waals surface area (Å²) in [6.07, 6.45) is 0.0237. The summed E-state index contributed by atoms with van der Waals surface area (Å²) >= 11 is 0. The van der Waals surface area contributed by atoms with Crippen molar-refractivity contribution in [2.75, 3.05) is 26.1 Å². The van der Waals surface area contributed by atoms with Gasteiger partial charge in [0.1, 0.15) is 11.5 Å². The van der Waals surface area contributed by atoms with Gasteiger partial charge in [-0.1, -0.05) is 6.07 Å². The van der Waals surface area contributed by atoms with Gasteiger partial charge in [0.15, 0.2) is 0 Å². The fourth-order valence-corrected chi connectivity index (χ4v) is 2.27. The summed E-state index contributed by atoms with van der Waals surface area (Å²) in [4.78, 5) is 34.3. The molecular weight excluding hydrogens is 354 g/mol. The van der Waals surface area contributed by atoms with Crippen LogP contribution in [-0.4, -0.2) is 37.5 Å². The lowest BCUT2D eigenvalue weighted by molar-refractivity contribution is -0.384. The Morgan fingerprint density at radius 1 is 1.11 bits per heavy atom. The Morgan fingerprint density at radius 2 is 1.89 bits per heavy atom. The fourth-order valence-electron chi connectivity index (χ4n) is 2.27. The van der Waals surface area contributed by atoms with Crippen LogP contribution in [0.5, 0.6) is 11.5 Å². The highest BCUT2D eigenvalue weighted by Gasteiger charge is 2.14. The fraction of sp³-hybridized carbons (Fsp3) is 0.222. The number of rotatable bonds is 8. The van der Waals surface area contributed by atoms with Crippen molar-refractivity contribution in [3.63, 3.8) is 0 Å². The van der Waals surface area contributed by atoms with Crippen LogP contribution in [-0.2, 0) is 4.79 Å². The number of nitrogens with zero attached hydrogens (tertiary/aromatic N) is 1. The van der Waals surface area contributed by atoms with E-state index in [1.807, 2.05) is 0 Å². The smallest absolute Gasteiger partial charge is 0.273 e. The molecule has 142 valence electrons. The number of nitrogens with one attached hydrogen (secondary N) is 2. The van der Waals surface area contributed by atoms with Gasteiger partial charge in [0, 0.05) is 24.6 Å². The van der Waals surface area contributed by atoms with E-state index >= 15 is 0 Å². The van der Waals surface area contributed by atoms with E-state index in [4.69, 9.17) is 9.47 Å². The molecule has 0 atom stereocenters. The molecule has 0 aliphatic rings. The molecule has 0 heterocycles. The summed E-state index contributed by atoms with van der Waals surface area (Å²) in [5.74, 6) is 0.0475. The van der Waals surface area contributed by atoms with Crippen LogP contribution in [0.25, 0.3) is 0 Å². The molecular formula is C18H19N3O6. The van der Waals surface area contributed by atoms with E-state index in [9.17, 15) is 19.7 Å². The number of hydrogen-bond acceptors (Lipinski definition) is 6. The topological polar surface area (TPSA) is 120 Å². The van der Waals surface area contributed by atoms with E-state index in [0.717, 1.165) is 0 Å². The first kappa shape index (κ1) is 19.7. The molecule has 2 aromatic carbocycles. The third-order valence-electron chi connectivity index (χ3n) is 3.64. The zero-order chi connectivity index (χ0) is 19.8. The van der Waals surface area contributed by atoms with Gasteiger partial charge in [-0.05, 0) is 24.3 Å². The molecule has 0 aromatic heterocycles. The van der Waals surface area contributed by atoms with E-state index < -0.39 is 4.92 Å². The minimum absolute atomic E-state index is 0.0237. The number of carbonyl (C=O) groups is 2. The van der Waals surface area contributed by atoms with Crippen molar-refractivity contribution in [1.82, 2.24) is 5.32 Å².